The van der Waals surface area contributed by atoms with Gasteiger partial charge in [0.05, 0.1) is 12.7 Å². The number of hydrogen-bond donors (Lipinski definition) is 0. The molecule has 1 saturated heterocycles. The van der Waals surface area contributed by atoms with Crippen LogP contribution in [0.5, 0.6) is 0 Å². The molecule has 0 aliphatic carbocycles. The molecule has 0 saturated carbocycles. The Morgan fingerprint density at radius 3 is 2.74 bits per heavy atom. The van der Waals surface area contributed by atoms with Crippen molar-refractivity contribution in [3.8, 4) is 0 Å². The predicted molar refractivity (Wildman–Crippen MR) is 72.2 cm³/mol. The SMILES string of the molecule is CC(C)(C)C1CN(S(=O)(=O)c2cccnc2)CCO1. The van der Waals surface area contributed by atoms with E-state index in [4.69, 9.17) is 4.74 Å². The molecule has 1 aromatic rings. The molecule has 5 nitrogen and oxygen atoms in total. The molecule has 1 aromatic heterocycles. The number of nitrogens with zero attached hydrogens (tertiary/aromatic N) is 2. The largest absolute Gasteiger partial charge is 0.375 e. The minimum absolute atomic E-state index is 0.0802. The maximum absolute atomic E-state index is 12.5. The lowest BCUT2D eigenvalue weighted by Gasteiger charge is -2.38. The van der Waals surface area contributed by atoms with E-state index in [0.29, 0.717) is 19.7 Å². The Hall–Kier alpha value is -0.980. The molecule has 1 fully saturated rings. The van der Waals surface area contributed by atoms with E-state index < -0.39 is 10.0 Å². The van der Waals surface area contributed by atoms with Crippen molar-refractivity contribution in [2.75, 3.05) is 19.7 Å². The molecule has 0 spiro atoms. The van der Waals surface area contributed by atoms with Crippen molar-refractivity contribution in [2.24, 2.45) is 5.41 Å². The summed E-state index contributed by atoms with van der Waals surface area (Å²) in [6.07, 6.45) is 2.86. The van der Waals surface area contributed by atoms with Crippen LogP contribution in [0.3, 0.4) is 0 Å². The standard InChI is InChI=1S/C13H20N2O3S/c1-13(2,3)12-10-15(7-8-18-12)19(16,17)11-5-4-6-14-9-11/h4-6,9,12H,7-8,10H2,1-3H3. The number of ether oxygens (including phenoxy) is 1. The molecule has 6 heteroatoms. The maximum atomic E-state index is 12.5. The van der Waals surface area contributed by atoms with Gasteiger partial charge in [0, 0.05) is 25.5 Å². The number of aromatic nitrogens is 1. The minimum atomic E-state index is -3.46. The number of morpholine rings is 1. The first kappa shape index (κ1) is 14.4. The van der Waals surface area contributed by atoms with Crippen LogP contribution in [-0.4, -0.2) is 43.5 Å². The van der Waals surface area contributed by atoms with Crippen molar-refractivity contribution in [3.05, 3.63) is 24.5 Å². The van der Waals surface area contributed by atoms with Gasteiger partial charge in [-0.2, -0.15) is 4.31 Å². The van der Waals surface area contributed by atoms with E-state index in [1.807, 2.05) is 0 Å². The van der Waals surface area contributed by atoms with Gasteiger partial charge in [0.2, 0.25) is 10.0 Å². The topological polar surface area (TPSA) is 59.5 Å². The molecule has 1 aliphatic heterocycles. The van der Waals surface area contributed by atoms with Crippen molar-refractivity contribution in [2.45, 2.75) is 31.8 Å². The second-order valence-corrected chi connectivity index (χ2v) is 7.72. The molecule has 0 amide bonds. The lowest BCUT2D eigenvalue weighted by atomic mass is 9.88. The number of pyridine rings is 1. The Bertz CT molecular complexity index is 523. The van der Waals surface area contributed by atoms with E-state index >= 15 is 0 Å². The van der Waals surface area contributed by atoms with Gasteiger partial charge in [0.15, 0.2) is 0 Å². The minimum Gasteiger partial charge on any atom is -0.375 e. The van der Waals surface area contributed by atoms with E-state index in [9.17, 15) is 8.42 Å². The first-order chi connectivity index (χ1) is 8.82. The van der Waals surface area contributed by atoms with Crippen LogP contribution in [0.2, 0.25) is 0 Å². The predicted octanol–water partition coefficient (Wildman–Crippen LogP) is 1.52. The van der Waals surface area contributed by atoms with Gasteiger partial charge < -0.3 is 4.74 Å². The van der Waals surface area contributed by atoms with Crippen LogP contribution in [0.1, 0.15) is 20.8 Å². The zero-order chi connectivity index (χ0) is 14.1. The van der Waals surface area contributed by atoms with Crippen LogP contribution in [0.4, 0.5) is 0 Å². The zero-order valence-corrected chi connectivity index (χ0v) is 12.4. The normalized spacial score (nSPS) is 22.4. The van der Waals surface area contributed by atoms with Crippen molar-refractivity contribution in [1.82, 2.24) is 9.29 Å². The van der Waals surface area contributed by atoms with Crippen molar-refractivity contribution in [3.63, 3.8) is 0 Å². The molecule has 1 aliphatic rings. The Labute approximate surface area is 114 Å². The fraction of sp³-hybridized carbons (Fsp3) is 0.615. The van der Waals surface area contributed by atoms with Crippen LogP contribution >= 0.6 is 0 Å². The van der Waals surface area contributed by atoms with E-state index in [1.54, 1.807) is 18.3 Å². The molecule has 2 heterocycles. The third-order valence-electron chi connectivity index (χ3n) is 3.27. The second-order valence-electron chi connectivity index (χ2n) is 5.78. The third-order valence-corrected chi connectivity index (χ3v) is 5.12. The third kappa shape index (κ3) is 3.13. The number of hydrogen-bond acceptors (Lipinski definition) is 4. The average molecular weight is 284 g/mol. The molecule has 0 N–H and O–H groups in total. The second kappa shape index (κ2) is 5.19. The van der Waals surface area contributed by atoms with Crippen LogP contribution < -0.4 is 0 Å². The van der Waals surface area contributed by atoms with E-state index in [2.05, 4.69) is 25.8 Å². The van der Waals surface area contributed by atoms with Gasteiger partial charge in [-0.05, 0) is 17.5 Å². The number of rotatable bonds is 2. The van der Waals surface area contributed by atoms with E-state index in [-0.39, 0.29) is 16.4 Å². The summed E-state index contributed by atoms with van der Waals surface area (Å²) >= 11 is 0. The van der Waals surface area contributed by atoms with Crippen LogP contribution in [0.15, 0.2) is 29.4 Å². The quantitative estimate of drug-likeness (QED) is 0.826. The maximum Gasteiger partial charge on any atom is 0.244 e. The monoisotopic (exact) mass is 284 g/mol. The van der Waals surface area contributed by atoms with E-state index in [0.717, 1.165) is 0 Å². The fourth-order valence-electron chi connectivity index (χ4n) is 2.02. The molecule has 1 atom stereocenters. The molecule has 0 bridgehead atoms. The molecule has 2 rings (SSSR count). The highest BCUT2D eigenvalue weighted by Crippen LogP contribution is 2.27. The Balaban J connectivity index is 2.22. The summed E-state index contributed by atoms with van der Waals surface area (Å²) in [4.78, 5) is 4.12. The lowest BCUT2D eigenvalue weighted by molar-refractivity contribution is -0.0591. The van der Waals surface area contributed by atoms with E-state index in [1.165, 1.54) is 10.5 Å². The molecule has 1 unspecified atom stereocenters. The first-order valence-electron chi connectivity index (χ1n) is 6.33. The zero-order valence-electron chi connectivity index (χ0n) is 11.5. The van der Waals surface area contributed by atoms with Crippen LogP contribution in [0.25, 0.3) is 0 Å². The van der Waals surface area contributed by atoms with Crippen LogP contribution in [-0.2, 0) is 14.8 Å². The van der Waals surface area contributed by atoms with Gasteiger partial charge >= 0.3 is 0 Å². The molecular weight excluding hydrogens is 264 g/mol. The fourth-order valence-corrected chi connectivity index (χ4v) is 3.41. The summed E-state index contributed by atoms with van der Waals surface area (Å²) in [5.41, 5.74) is -0.0802. The van der Waals surface area contributed by atoms with Crippen LogP contribution in [0, 0.1) is 5.41 Å². The Morgan fingerprint density at radius 1 is 1.42 bits per heavy atom. The summed E-state index contributed by atoms with van der Waals surface area (Å²) in [5, 5.41) is 0. The van der Waals surface area contributed by atoms with Crippen molar-refractivity contribution in [1.29, 1.82) is 0 Å². The summed E-state index contributed by atoms with van der Waals surface area (Å²) in [6.45, 7) is 7.37. The molecule has 19 heavy (non-hydrogen) atoms. The lowest BCUT2D eigenvalue weighted by Crippen LogP contribution is -2.50. The molecule has 0 aromatic carbocycles. The van der Waals surface area contributed by atoms with Gasteiger partial charge in [0.1, 0.15) is 4.90 Å². The molecule has 106 valence electrons. The highest BCUT2D eigenvalue weighted by molar-refractivity contribution is 7.89. The Morgan fingerprint density at radius 2 is 2.16 bits per heavy atom. The average Bonchev–Trinajstić information content (AvgIpc) is 2.39. The van der Waals surface area contributed by atoms with Gasteiger partial charge in [-0.3, -0.25) is 4.98 Å². The van der Waals surface area contributed by atoms with Gasteiger partial charge in [-0.25, -0.2) is 8.42 Å². The number of sulfonamides is 1. The summed E-state index contributed by atoms with van der Waals surface area (Å²) in [5.74, 6) is 0. The highest BCUT2D eigenvalue weighted by atomic mass is 32.2. The highest BCUT2D eigenvalue weighted by Gasteiger charge is 2.36. The van der Waals surface area contributed by atoms with Crippen molar-refractivity contribution < 1.29 is 13.2 Å². The molecule has 0 radical (unpaired) electrons. The summed E-state index contributed by atoms with van der Waals surface area (Å²) in [6, 6.07) is 3.21. The van der Waals surface area contributed by atoms with Gasteiger partial charge in [0.25, 0.3) is 0 Å². The summed E-state index contributed by atoms with van der Waals surface area (Å²) in [7, 11) is -3.46. The van der Waals surface area contributed by atoms with Crippen molar-refractivity contribution >= 4 is 10.0 Å². The van der Waals surface area contributed by atoms with Gasteiger partial charge in [-0.15, -0.1) is 0 Å². The van der Waals surface area contributed by atoms with Gasteiger partial charge in [-0.1, -0.05) is 20.8 Å². The summed E-state index contributed by atoms with van der Waals surface area (Å²) < 4.78 is 32.2. The molecular formula is C13H20N2O3S. The smallest absolute Gasteiger partial charge is 0.244 e. The first-order valence-corrected chi connectivity index (χ1v) is 7.77. The Kier molecular flexibility index (Phi) is 3.94.